The number of amides is 2. The summed E-state index contributed by atoms with van der Waals surface area (Å²) in [5.41, 5.74) is 0. The van der Waals surface area contributed by atoms with E-state index < -0.39 is 0 Å². The molecule has 2 rings (SSSR count). The van der Waals surface area contributed by atoms with E-state index in [1.165, 1.54) is 49.9 Å². The molecule has 10 heteroatoms. The summed E-state index contributed by atoms with van der Waals surface area (Å²) in [6.45, 7) is 0.642. The fourth-order valence-corrected chi connectivity index (χ4v) is 3.81. The maximum absolute atomic E-state index is 11.9. The van der Waals surface area contributed by atoms with Gasteiger partial charge in [0.15, 0.2) is 23.0 Å². The molecule has 0 atom stereocenters. The van der Waals surface area contributed by atoms with Gasteiger partial charge in [0.1, 0.15) is 0 Å². The standard InChI is InChI=1S/C20H24N2O6S2/c1-27-17-9-13(3-5-15(17)23)29-11-19(25)21-7-8-22-20(26)12-30-14-4-6-16(24)18(10-14)28-2/h3-6,9-10,23-24H,7-8,11-12H2,1-2H3,(H,21,25)(H,22,26). The normalized spacial score (nSPS) is 10.3. The molecule has 0 aliphatic carbocycles. The van der Waals surface area contributed by atoms with Crippen LogP contribution in [0.5, 0.6) is 23.0 Å². The lowest BCUT2D eigenvalue weighted by Gasteiger charge is -2.09. The number of carbonyl (C=O) groups excluding carboxylic acids is 2. The van der Waals surface area contributed by atoms with Crippen LogP contribution in [0.25, 0.3) is 0 Å². The number of hydrogen-bond acceptors (Lipinski definition) is 8. The van der Waals surface area contributed by atoms with Crippen molar-refractivity contribution in [2.45, 2.75) is 9.79 Å². The lowest BCUT2D eigenvalue weighted by atomic mass is 10.3. The van der Waals surface area contributed by atoms with Gasteiger partial charge >= 0.3 is 0 Å². The van der Waals surface area contributed by atoms with E-state index >= 15 is 0 Å². The Balaban J connectivity index is 1.62. The second-order valence-corrected chi connectivity index (χ2v) is 8.04. The average molecular weight is 453 g/mol. The molecule has 2 amide bonds. The van der Waals surface area contributed by atoms with E-state index in [1.54, 1.807) is 24.3 Å². The zero-order chi connectivity index (χ0) is 21.9. The van der Waals surface area contributed by atoms with Crippen LogP contribution in [-0.4, -0.2) is 60.8 Å². The first-order valence-corrected chi connectivity index (χ1v) is 10.9. The summed E-state index contributed by atoms with van der Waals surface area (Å²) in [5, 5.41) is 24.6. The Bertz CT molecular complexity index is 807. The smallest absolute Gasteiger partial charge is 0.230 e. The quantitative estimate of drug-likeness (QED) is 0.303. The molecule has 30 heavy (non-hydrogen) atoms. The Morgan fingerprint density at radius 3 is 1.57 bits per heavy atom. The minimum Gasteiger partial charge on any atom is -0.504 e. The first-order chi connectivity index (χ1) is 14.4. The van der Waals surface area contributed by atoms with E-state index in [0.29, 0.717) is 24.6 Å². The van der Waals surface area contributed by atoms with E-state index in [-0.39, 0.29) is 34.8 Å². The molecule has 8 nitrogen and oxygen atoms in total. The van der Waals surface area contributed by atoms with E-state index in [1.807, 2.05) is 0 Å². The Morgan fingerprint density at radius 1 is 0.800 bits per heavy atom. The lowest BCUT2D eigenvalue weighted by Crippen LogP contribution is -2.36. The first kappa shape index (κ1) is 23.6. The Labute approximate surface area is 183 Å². The number of methoxy groups -OCH3 is 2. The van der Waals surface area contributed by atoms with Crippen LogP contribution in [0.2, 0.25) is 0 Å². The topological polar surface area (TPSA) is 117 Å². The van der Waals surface area contributed by atoms with Crippen molar-refractivity contribution in [3.05, 3.63) is 36.4 Å². The summed E-state index contributed by atoms with van der Waals surface area (Å²) < 4.78 is 10.1. The molecular formula is C20H24N2O6S2. The minimum atomic E-state index is -0.160. The number of phenols is 2. The highest BCUT2D eigenvalue weighted by Gasteiger charge is 2.08. The van der Waals surface area contributed by atoms with Gasteiger partial charge in [-0.3, -0.25) is 9.59 Å². The second-order valence-electron chi connectivity index (χ2n) is 5.94. The highest BCUT2D eigenvalue weighted by Crippen LogP contribution is 2.31. The predicted molar refractivity (Wildman–Crippen MR) is 117 cm³/mol. The van der Waals surface area contributed by atoms with Gasteiger partial charge in [-0.1, -0.05) is 0 Å². The van der Waals surface area contributed by atoms with Crippen LogP contribution in [0.4, 0.5) is 0 Å². The predicted octanol–water partition coefficient (Wildman–Crippen LogP) is 2.23. The molecule has 0 aliphatic rings. The molecule has 0 aliphatic heterocycles. The highest BCUT2D eigenvalue weighted by atomic mass is 32.2. The molecule has 0 saturated carbocycles. The Kier molecular flexibility index (Phi) is 9.49. The molecule has 2 aromatic carbocycles. The molecular weight excluding hydrogens is 428 g/mol. The summed E-state index contributed by atoms with van der Waals surface area (Å²) >= 11 is 2.64. The van der Waals surface area contributed by atoms with E-state index in [4.69, 9.17) is 9.47 Å². The van der Waals surface area contributed by atoms with Gasteiger partial charge in [0, 0.05) is 22.9 Å². The van der Waals surface area contributed by atoms with Gasteiger partial charge in [0.05, 0.1) is 25.7 Å². The monoisotopic (exact) mass is 452 g/mol. The van der Waals surface area contributed by atoms with Gasteiger partial charge in [0.2, 0.25) is 11.8 Å². The number of benzene rings is 2. The molecule has 162 valence electrons. The van der Waals surface area contributed by atoms with Gasteiger partial charge in [-0.2, -0.15) is 0 Å². The van der Waals surface area contributed by atoms with Crippen molar-refractivity contribution in [2.75, 3.05) is 38.8 Å². The zero-order valence-electron chi connectivity index (χ0n) is 16.6. The van der Waals surface area contributed by atoms with Gasteiger partial charge in [-0.25, -0.2) is 0 Å². The minimum absolute atomic E-state index is 0.0461. The summed E-state index contributed by atoms with van der Waals surface area (Å²) in [4.78, 5) is 25.4. The number of ether oxygens (including phenoxy) is 2. The first-order valence-electron chi connectivity index (χ1n) is 8.96. The zero-order valence-corrected chi connectivity index (χ0v) is 18.3. The van der Waals surface area contributed by atoms with Crippen molar-refractivity contribution in [2.24, 2.45) is 0 Å². The number of thioether (sulfide) groups is 2. The summed E-state index contributed by atoms with van der Waals surface area (Å²) in [5.74, 6) is 0.896. The molecule has 0 unspecified atom stereocenters. The second kappa shape index (κ2) is 12.1. The van der Waals surface area contributed by atoms with Crippen LogP contribution in [0.1, 0.15) is 0 Å². The van der Waals surface area contributed by atoms with Crippen molar-refractivity contribution in [3.63, 3.8) is 0 Å². The van der Waals surface area contributed by atoms with Crippen LogP contribution in [0, 0.1) is 0 Å². The summed E-state index contributed by atoms with van der Waals surface area (Å²) in [6, 6.07) is 9.76. The van der Waals surface area contributed by atoms with Crippen molar-refractivity contribution in [1.29, 1.82) is 0 Å². The number of rotatable bonds is 11. The lowest BCUT2D eigenvalue weighted by molar-refractivity contribution is -0.120. The molecule has 0 fully saturated rings. The van der Waals surface area contributed by atoms with Gasteiger partial charge < -0.3 is 30.3 Å². The molecule has 0 aromatic heterocycles. The van der Waals surface area contributed by atoms with Gasteiger partial charge in [-0.05, 0) is 36.4 Å². The number of aromatic hydroxyl groups is 2. The molecule has 2 aromatic rings. The third kappa shape index (κ3) is 7.60. The number of phenolic OH excluding ortho intramolecular Hbond substituents is 2. The molecule has 0 bridgehead atoms. The van der Waals surface area contributed by atoms with Crippen LogP contribution in [0.3, 0.4) is 0 Å². The summed E-state index contributed by atoms with van der Waals surface area (Å²) in [7, 11) is 2.93. The van der Waals surface area contributed by atoms with Crippen molar-refractivity contribution in [3.8, 4) is 23.0 Å². The Morgan fingerprint density at radius 2 is 1.20 bits per heavy atom. The van der Waals surface area contributed by atoms with Crippen molar-refractivity contribution in [1.82, 2.24) is 10.6 Å². The maximum atomic E-state index is 11.9. The molecule has 0 heterocycles. The number of hydrogen-bond donors (Lipinski definition) is 4. The largest absolute Gasteiger partial charge is 0.504 e. The van der Waals surface area contributed by atoms with Gasteiger partial charge in [0.25, 0.3) is 0 Å². The van der Waals surface area contributed by atoms with Crippen LogP contribution in [-0.2, 0) is 9.59 Å². The average Bonchev–Trinajstić information content (AvgIpc) is 2.75. The van der Waals surface area contributed by atoms with Crippen molar-refractivity contribution >= 4 is 35.3 Å². The number of carbonyl (C=O) groups is 2. The third-order valence-corrected chi connectivity index (χ3v) is 5.80. The van der Waals surface area contributed by atoms with Crippen molar-refractivity contribution < 1.29 is 29.3 Å². The SMILES string of the molecule is COc1cc(SCC(=O)NCCNC(=O)CSc2ccc(O)c(OC)c2)ccc1O. The third-order valence-electron chi connectivity index (χ3n) is 3.81. The summed E-state index contributed by atoms with van der Waals surface area (Å²) in [6.07, 6.45) is 0. The molecule has 0 radical (unpaired) electrons. The van der Waals surface area contributed by atoms with E-state index in [2.05, 4.69) is 10.6 Å². The molecule has 0 spiro atoms. The van der Waals surface area contributed by atoms with Crippen LogP contribution >= 0.6 is 23.5 Å². The van der Waals surface area contributed by atoms with E-state index in [9.17, 15) is 19.8 Å². The fraction of sp³-hybridized carbons (Fsp3) is 0.300. The maximum Gasteiger partial charge on any atom is 0.230 e. The fourth-order valence-electron chi connectivity index (χ4n) is 2.30. The van der Waals surface area contributed by atoms with Crippen LogP contribution < -0.4 is 20.1 Å². The van der Waals surface area contributed by atoms with E-state index in [0.717, 1.165) is 9.79 Å². The molecule has 0 saturated heterocycles. The highest BCUT2D eigenvalue weighted by molar-refractivity contribution is 8.00. The molecule has 4 N–H and O–H groups in total. The van der Waals surface area contributed by atoms with Crippen LogP contribution in [0.15, 0.2) is 46.2 Å². The van der Waals surface area contributed by atoms with Gasteiger partial charge in [-0.15, -0.1) is 23.5 Å². The number of nitrogens with one attached hydrogen (secondary N) is 2. The Hall–Kier alpha value is -2.72.